The van der Waals surface area contributed by atoms with Crippen LogP contribution in [0.15, 0.2) is 18.2 Å². The van der Waals surface area contributed by atoms with Crippen LogP contribution in [0.1, 0.15) is 10.4 Å². The first-order valence-electron chi connectivity index (χ1n) is 3.72. The van der Waals surface area contributed by atoms with Crippen LogP contribution in [-0.2, 0) is 0 Å². The number of hydrogen-bond acceptors (Lipinski definition) is 2. The molecule has 1 aromatic rings. The minimum absolute atomic E-state index is 0.0867. The van der Waals surface area contributed by atoms with Gasteiger partial charge in [0.1, 0.15) is 13.3 Å². The average molecular weight is 185 g/mol. The van der Waals surface area contributed by atoms with Crippen molar-refractivity contribution in [3.05, 3.63) is 29.6 Å². The van der Waals surface area contributed by atoms with Gasteiger partial charge in [0.2, 0.25) is 0 Å². The second-order valence-electron chi connectivity index (χ2n) is 2.31. The molecule has 0 heterocycles. The zero-order valence-electron chi connectivity index (χ0n) is 6.80. The molecule has 0 amide bonds. The van der Waals surface area contributed by atoms with Crippen LogP contribution in [0, 0.1) is 5.82 Å². The first-order valence-corrected chi connectivity index (χ1v) is 3.72. The highest BCUT2D eigenvalue weighted by molar-refractivity contribution is 5.76. The molecular weight excluding hydrogens is 177 g/mol. The first-order chi connectivity index (χ1) is 6.29. The summed E-state index contributed by atoms with van der Waals surface area (Å²) in [5.41, 5.74) is -0.0867. The third kappa shape index (κ3) is 2.24. The van der Waals surface area contributed by atoms with Crippen molar-refractivity contribution >= 4 is 6.29 Å². The molecule has 0 unspecified atom stereocenters. The van der Waals surface area contributed by atoms with Crippen molar-refractivity contribution < 1.29 is 18.3 Å². The fraction of sp³-hybridized carbons (Fsp3) is 0.222. The number of benzene rings is 1. The highest BCUT2D eigenvalue weighted by Gasteiger charge is 2.07. The van der Waals surface area contributed by atoms with E-state index in [1.165, 1.54) is 18.2 Å². The predicted octanol–water partition coefficient (Wildman–Crippen LogP) is 1.99. The molecule has 0 spiro atoms. The molecule has 0 radical (unpaired) electrons. The van der Waals surface area contributed by atoms with Crippen LogP contribution in [0.25, 0.3) is 0 Å². The smallest absolute Gasteiger partial charge is 0.175 e. The van der Waals surface area contributed by atoms with Crippen LogP contribution >= 0.6 is 0 Å². The highest BCUT2D eigenvalue weighted by atomic mass is 19.1. The molecule has 0 aliphatic rings. The number of halogens is 2. The van der Waals surface area contributed by atoms with Crippen LogP contribution in [0.2, 0.25) is 0 Å². The normalized spacial score (nSPS) is 9.69. The van der Waals surface area contributed by atoms with Gasteiger partial charge in [-0.05, 0) is 12.1 Å². The topological polar surface area (TPSA) is 26.3 Å². The maximum atomic E-state index is 13.1. The minimum Gasteiger partial charge on any atom is -0.488 e. The van der Waals surface area contributed by atoms with E-state index in [0.717, 1.165) is 0 Å². The van der Waals surface area contributed by atoms with Crippen molar-refractivity contribution in [2.45, 2.75) is 0 Å². The summed E-state index contributed by atoms with van der Waals surface area (Å²) >= 11 is 0. The van der Waals surface area contributed by atoms with Gasteiger partial charge >= 0.3 is 0 Å². The molecule has 0 aliphatic heterocycles. The van der Waals surface area contributed by atoms with E-state index >= 15 is 0 Å². The maximum absolute atomic E-state index is 13.1. The molecule has 0 saturated carbocycles. The number of alkyl halides is 1. The Hall–Kier alpha value is -1.45. The fourth-order valence-electron chi connectivity index (χ4n) is 0.879. The Labute approximate surface area is 74.1 Å². The van der Waals surface area contributed by atoms with Gasteiger partial charge in [-0.3, -0.25) is 4.79 Å². The number of carbonyl (C=O) groups excluding carboxylic acids is 1. The molecule has 0 atom stereocenters. The lowest BCUT2D eigenvalue weighted by molar-refractivity contribution is 0.111. The van der Waals surface area contributed by atoms with Gasteiger partial charge in [-0.2, -0.15) is 0 Å². The van der Waals surface area contributed by atoms with Crippen LogP contribution in [0.4, 0.5) is 8.78 Å². The monoisotopic (exact) mass is 185 g/mol. The van der Waals surface area contributed by atoms with Crippen molar-refractivity contribution in [1.29, 1.82) is 0 Å². The Morgan fingerprint density at radius 1 is 1.46 bits per heavy atom. The van der Waals surface area contributed by atoms with E-state index in [0.29, 0.717) is 6.29 Å². The lowest BCUT2D eigenvalue weighted by Gasteiger charge is -2.05. The summed E-state index contributed by atoms with van der Waals surface area (Å²) in [5.74, 6) is -0.840. The van der Waals surface area contributed by atoms with Gasteiger partial charge in [0.05, 0.1) is 5.56 Å². The van der Waals surface area contributed by atoms with Crippen LogP contribution in [0.5, 0.6) is 5.75 Å². The molecule has 70 valence electrons. The molecule has 1 aromatic carbocycles. The van der Waals surface area contributed by atoms with Gasteiger partial charge in [-0.25, -0.2) is 8.78 Å². The van der Waals surface area contributed by atoms with E-state index in [1.54, 1.807) is 0 Å². The van der Waals surface area contributed by atoms with Crippen LogP contribution < -0.4 is 4.74 Å². The molecule has 0 fully saturated rings. The summed E-state index contributed by atoms with van der Waals surface area (Å²) in [6.07, 6.45) is 0.387. The Morgan fingerprint density at radius 2 is 2.23 bits per heavy atom. The van der Waals surface area contributed by atoms with Crippen molar-refractivity contribution in [2.75, 3.05) is 13.3 Å². The number of hydrogen-bond donors (Lipinski definition) is 0. The minimum atomic E-state index is -0.744. The number of aldehydes is 1. The van der Waals surface area contributed by atoms with E-state index in [2.05, 4.69) is 0 Å². The maximum Gasteiger partial charge on any atom is 0.175 e. The summed E-state index contributed by atoms with van der Waals surface area (Å²) < 4.78 is 29.5. The van der Waals surface area contributed by atoms with Gasteiger partial charge in [-0.15, -0.1) is 0 Å². The number of ether oxygens (including phenoxy) is 1. The summed E-state index contributed by atoms with van der Waals surface area (Å²) in [5, 5.41) is 0. The van der Waals surface area contributed by atoms with Crippen molar-refractivity contribution in [3.63, 3.8) is 0 Å². The predicted molar refractivity (Wildman–Crippen MR) is 43.3 cm³/mol. The molecule has 0 aliphatic carbocycles. The van der Waals surface area contributed by atoms with Gasteiger partial charge in [0, 0.05) is 0 Å². The molecule has 0 N–H and O–H groups in total. The van der Waals surface area contributed by atoms with Gasteiger partial charge < -0.3 is 4.74 Å². The molecular formula is C9H8F2O2. The van der Waals surface area contributed by atoms with Crippen molar-refractivity contribution in [2.24, 2.45) is 0 Å². The molecule has 0 bridgehead atoms. The van der Waals surface area contributed by atoms with Crippen molar-refractivity contribution in [3.8, 4) is 5.75 Å². The molecule has 0 saturated heterocycles. The lowest BCUT2D eigenvalue weighted by Crippen LogP contribution is -2.01. The Balaban J connectivity index is 2.87. The molecule has 2 nitrogen and oxygen atoms in total. The molecule has 4 heteroatoms. The standard InChI is InChI=1S/C9H8F2O2/c10-4-5-13-8-3-1-2-7(6-12)9(8)11/h1-3,6H,4-5H2/i10-1. The summed E-state index contributed by atoms with van der Waals surface area (Å²) in [6.45, 7) is -0.899. The Kier molecular flexibility index (Phi) is 3.37. The lowest BCUT2D eigenvalue weighted by atomic mass is 10.2. The third-order valence-corrected chi connectivity index (χ3v) is 1.45. The summed E-state index contributed by atoms with van der Waals surface area (Å²) in [4.78, 5) is 10.3. The number of carbonyl (C=O) groups is 1. The zero-order chi connectivity index (χ0) is 9.68. The first kappa shape index (κ1) is 9.64. The highest BCUT2D eigenvalue weighted by Crippen LogP contribution is 2.18. The fourth-order valence-corrected chi connectivity index (χ4v) is 0.879. The average Bonchev–Trinajstić information content (AvgIpc) is 2.16. The largest absolute Gasteiger partial charge is 0.488 e. The van der Waals surface area contributed by atoms with E-state index < -0.39 is 12.5 Å². The van der Waals surface area contributed by atoms with Crippen LogP contribution in [-0.4, -0.2) is 19.6 Å². The SMILES string of the molecule is O=Cc1cccc(OCC[18F])c1F. The zero-order valence-corrected chi connectivity index (χ0v) is 6.80. The second kappa shape index (κ2) is 4.54. The molecule has 13 heavy (non-hydrogen) atoms. The summed E-state index contributed by atoms with van der Waals surface area (Å²) in [7, 11) is 0. The van der Waals surface area contributed by atoms with E-state index in [1.807, 2.05) is 0 Å². The van der Waals surface area contributed by atoms with Gasteiger partial charge in [0.25, 0.3) is 0 Å². The quantitative estimate of drug-likeness (QED) is 0.670. The summed E-state index contributed by atoms with van der Waals surface area (Å²) in [6, 6.07) is 4.14. The molecule has 0 aromatic heterocycles. The van der Waals surface area contributed by atoms with Gasteiger partial charge in [-0.1, -0.05) is 6.07 Å². The molecule has 1 rings (SSSR count). The van der Waals surface area contributed by atoms with E-state index in [4.69, 9.17) is 4.74 Å². The Bertz CT molecular complexity index is 300. The number of rotatable bonds is 4. The van der Waals surface area contributed by atoms with E-state index in [-0.39, 0.29) is 17.9 Å². The second-order valence-corrected chi connectivity index (χ2v) is 2.31. The van der Waals surface area contributed by atoms with Crippen LogP contribution in [0.3, 0.4) is 0 Å². The van der Waals surface area contributed by atoms with E-state index in [9.17, 15) is 13.6 Å². The van der Waals surface area contributed by atoms with Crippen molar-refractivity contribution in [1.82, 2.24) is 0 Å². The Morgan fingerprint density at radius 3 is 2.85 bits per heavy atom. The third-order valence-electron chi connectivity index (χ3n) is 1.45. The van der Waals surface area contributed by atoms with Gasteiger partial charge in [0.15, 0.2) is 17.9 Å².